The summed E-state index contributed by atoms with van der Waals surface area (Å²) in [5.74, 6) is -0.353. The molecule has 5 nitrogen and oxygen atoms in total. The number of nitrogens with zero attached hydrogens (tertiary/aromatic N) is 1. The van der Waals surface area contributed by atoms with E-state index in [1.54, 1.807) is 6.92 Å². The second-order valence-electron chi connectivity index (χ2n) is 5.00. The average Bonchev–Trinajstić information content (AvgIpc) is 2.42. The van der Waals surface area contributed by atoms with E-state index in [9.17, 15) is 12.8 Å². The third-order valence-corrected chi connectivity index (χ3v) is 4.57. The van der Waals surface area contributed by atoms with Crippen molar-refractivity contribution in [3.05, 3.63) is 29.6 Å². The van der Waals surface area contributed by atoms with Crippen molar-refractivity contribution in [2.75, 3.05) is 31.4 Å². The van der Waals surface area contributed by atoms with Gasteiger partial charge in [-0.25, -0.2) is 4.39 Å². The minimum absolute atomic E-state index is 0.353. The molecule has 0 heterocycles. The Kier molecular flexibility index (Phi) is 7.07. The van der Waals surface area contributed by atoms with Crippen molar-refractivity contribution >= 4 is 15.9 Å². The molecule has 0 atom stereocenters. The number of benzene rings is 1. The molecule has 0 bridgehead atoms. The van der Waals surface area contributed by atoms with Gasteiger partial charge in [-0.15, -0.1) is 0 Å². The Morgan fingerprint density at radius 3 is 2.62 bits per heavy atom. The van der Waals surface area contributed by atoms with Crippen LogP contribution in [0.4, 0.5) is 10.1 Å². The number of aryl methyl sites for hydroxylation is 1. The molecule has 0 aliphatic heterocycles. The maximum Gasteiger partial charge on any atom is 0.301 e. The van der Waals surface area contributed by atoms with Crippen LogP contribution in [0.3, 0.4) is 0 Å². The highest BCUT2D eigenvalue weighted by Crippen LogP contribution is 2.15. The molecule has 0 saturated carbocycles. The van der Waals surface area contributed by atoms with Crippen LogP contribution in [0.1, 0.15) is 25.3 Å². The second kappa shape index (κ2) is 8.31. The highest BCUT2D eigenvalue weighted by Gasteiger charge is 2.17. The van der Waals surface area contributed by atoms with Gasteiger partial charge >= 0.3 is 10.2 Å². The lowest BCUT2D eigenvalue weighted by atomic mass is 10.2. The van der Waals surface area contributed by atoms with Gasteiger partial charge in [0.2, 0.25) is 0 Å². The molecule has 0 spiro atoms. The topological polar surface area (TPSA) is 61.4 Å². The molecule has 120 valence electrons. The van der Waals surface area contributed by atoms with Crippen molar-refractivity contribution in [1.29, 1.82) is 0 Å². The van der Waals surface area contributed by atoms with E-state index in [1.807, 2.05) is 0 Å². The van der Waals surface area contributed by atoms with Gasteiger partial charge in [-0.3, -0.25) is 4.72 Å². The number of nitrogens with one attached hydrogen (secondary N) is 2. The van der Waals surface area contributed by atoms with Gasteiger partial charge in [0, 0.05) is 13.6 Å². The molecule has 21 heavy (non-hydrogen) atoms. The van der Waals surface area contributed by atoms with Crippen molar-refractivity contribution in [3.8, 4) is 0 Å². The molecule has 0 aliphatic carbocycles. The van der Waals surface area contributed by atoms with Crippen LogP contribution in [-0.4, -0.2) is 39.4 Å². The fourth-order valence-electron chi connectivity index (χ4n) is 1.78. The van der Waals surface area contributed by atoms with E-state index in [1.165, 1.54) is 29.6 Å². The SMILES string of the molecule is CCCNCCCN(C)S(=O)(=O)Nc1ccc(F)c(C)c1. The van der Waals surface area contributed by atoms with Crippen LogP contribution in [0.15, 0.2) is 18.2 Å². The molecule has 7 heteroatoms. The van der Waals surface area contributed by atoms with Crippen LogP contribution in [-0.2, 0) is 10.2 Å². The van der Waals surface area contributed by atoms with Gasteiger partial charge in [0.15, 0.2) is 0 Å². The Bertz CT molecular complexity index is 549. The summed E-state index contributed by atoms with van der Waals surface area (Å²) in [7, 11) is -2.08. The molecule has 1 aromatic carbocycles. The molecule has 0 aliphatic rings. The Morgan fingerprint density at radius 1 is 1.29 bits per heavy atom. The fourth-order valence-corrected chi connectivity index (χ4v) is 2.73. The molecule has 0 unspecified atom stereocenters. The molecule has 0 amide bonds. The molecular formula is C14H24FN3O2S. The highest BCUT2D eigenvalue weighted by atomic mass is 32.2. The zero-order valence-electron chi connectivity index (χ0n) is 12.8. The summed E-state index contributed by atoms with van der Waals surface area (Å²) in [5, 5.41) is 3.22. The zero-order chi connectivity index (χ0) is 15.9. The molecule has 0 saturated heterocycles. The minimum Gasteiger partial charge on any atom is -0.317 e. The molecule has 0 radical (unpaired) electrons. The van der Waals surface area contributed by atoms with E-state index in [0.717, 1.165) is 25.9 Å². The number of hydrogen-bond acceptors (Lipinski definition) is 3. The first-order chi connectivity index (χ1) is 9.86. The smallest absolute Gasteiger partial charge is 0.301 e. The first-order valence-electron chi connectivity index (χ1n) is 7.07. The standard InChI is InChI=1S/C14H24FN3O2S/c1-4-8-16-9-5-10-18(3)21(19,20)17-13-6-7-14(15)12(2)11-13/h6-7,11,16-17H,4-5,8-10H2,1-3H3. The van der Waals surface area contributed by atoms with Crippen molar-refractivity contribution in [2.24, 2.45) is 0 Å². The van der Waals surface area contributed by atoms with Crippen LogP contribution in [0, 0.1) is 12.7 Å². The van der Waals surface area contributed by atoms with Crippen LogP contribution in [0.5, 0.6) is 0 Å². The number of rotatable bonds is 9. The summed E-state index contributed by atoms with van der Waals surface area (Å²) in [4.78, 5) is 0. The summed E-state index contributed by atoms with van der Waals surface area (Å²) in [6.07, 6.45) is 1.79. The van der Waals surface area contributed by atoms with E-state index in [0.29, 0.717) is 17.8 Å². The summed E-state index contributed by atoms with van der Waals surface area (Å²) in [5.41, 5.74) is 0.770. The Hall–Kier alpha value is -1.18. The van der Waals surface area contributed by atoms with Crippen molar-refractivity contribution in [1.82, 2.24) is 9.62 Å². The quantitative estimate of drug-likeness (QED) is 0.686. The molecule has 0 aromatic heterocycles. The largest absolute Gasteiger partial charge is 0.317 e. The monoisotopic (exact) mass is 317 g/mol. The summed E-state index contributed by atoms with van der Waals surface area (Å²) in [6, 6.07) is 4.14. The predicted molar refractivity (Wildman–Crippen MR) is 84.1 cm³/mol. The van der Waals surface area contributed by atoms with Gasteiger partial charge in [0.25, 0.3) is 0 Å². The average molecular weight is 317 g/mol. The lowest BCUT2D eigenvalue weighted by Crippen LogP contribution is -2.34. The van der Waals surface area contributed by atoms with Gasteiger partial charge in [0.1, 0.15) is 5.82 Å². The predicted octanol–water partition coefficient (Wildman–Crippen LogP) is 2.11. The Balaban J connectivity index is 2.53. The Morgan fingerprint density at radius 2 is 2.00 bits per heavy atom. The van der Waals surface area contributed by atoms with E-state index in [2.05, 4.69) is 17.0 Å². The van der Waals surface area contributed by atoms with Crippen LogP contribution in [0.25, 0.3) is 0 Å². The van der Waals surface area contributed by atoms with Crippen molar-refractivity contribution in [2.45, 2.75) is 26.7 Å². The van der Waals surface area contributed by atoms with Gasteiger partial charge in [-0.2, -0.15) is 12.7 Å². The summed E-state index contributed by atoms with van der Waals surface area (Å²) in [6.45, 7) is 5.81. The Labute approximate surface area is 126 Å². The lowest BCUT2D eigenvalue weighted by Gasteiger charge is -2.18. The maximum absolute atomic E-state index is 13.2. The molecular weight excluding hydrogens is 293 g/mol. The first-order valence-corrected chi connectivity index (χ1v) is 8.51. The first kappa shape index (κ1) is 17.9. The zero-order valence-corrected chi connectivity index (χ0v) is 13.6. The molecule has 1 aromatic rings. The van der Waals surface area contributed by atoms with Crippen LogP contribution < -0.4 is 10.0 Å². The summed E-state index contributed by atoms with van der Waals surface area (Å²) < 4.78 is 41.1. The third-order valence-electron chi connectivity index (χ3n) is 3.07. The highest BCUT2D eigenvalue weighted by molar-refractivity contribution is 7.90. The number of anilines is 1. The molecule has 0 fully saturated rings. The van der Waals surface area contributed by atoms with Gasteiger partial charge in [-0.05, 0) is 56.6 Å². The van der Waals surface area contributed by atoms with Gasteiger partial charge in [0.05, 0.1) is 5.69 Å². The fraction of sp³-hybridized carbons (Fsp3) is 0.571. The van der Waals surface area contributed by atoms with Crippen LogP contribution >= 0.6 is 0 Å². The van der Waals surface area contributed by atoms with E-state index in [4.69, 9.17) is 0 Å². The van der Waals surface area contributed by atoms with E-state index in [-0.39, 0.29) is 5.82 Å². The number of hydrogen-bond donors (Lipinski definition) is 2. The van der Waals surface area contributed by atoms with E-state index >= 15 is 0 Å². The molecule has 1 rings (SSSR count). The maximum atomic E-state index is 13.2. The lowest BCUT2D eigenvalue weighted by molar-refractivity contribution is 0.458. The third kappa shape index (κ3) is 5.99. The van der Waals surface area contributed by atoms with Crippen LogP contribution in [0.2, 0.25) is 0 Å². The molecule has 2 N–H and O–H groups in total. The summed E-state index contributed by atoms with van der Waals surface area (Å²) >= 11 is 0. The minimum atomic E-state index is -3.60. The normalized spacial score (nSPS) is 11.9. The number of halogens is 1. The van der Waals surface area contributed by atoms with Gasteiger partial charge in [-0.1, -0.05) is 6.92 Å². The van der Waals surface area contributed by atoms with Crippen molar-refractivity contribution < 1.29 is 12.8 Å². The second-order valence-corrected chi connectivity index (χ2v) is 6.77. The van der Waals surface area contributed by atoms with Gasteiger partial charge < -0.3 is 5.32 Å². The van der Waals surface area contributed by atoms with Crippen molar-refractivity contribution in [3.63, 3.8) is 0 Å². The van der Waals surface area contributed by atoms with E-state index < -0.39 is 10.2 Å².